The van der Waals surface area contributed by atoms with E-state index in [0.29, 0.717) is 33.3 Å². The van der Waals surface area contributed by atoms with E-state index in [9.17, 15) is 4.79 Å². The highest BCUT2D eigenvalue weighted by atomic mass is 35.5. The molecule has 12 heteroatoms. The molecule has 0 saturated carbocycles. The van der Waals surface area contributed by atoms with E-state index < -0.39 is 37.4 Å². The highest BCUT2D eigenvalue weighted by molar-refractivity contribution is 6.32. The molecule has 0 saturated heterocycles. The Morgan fingerprint density at radius 1 is 1.29 bits per heavy atom. The highest BCUT2D eigenvalue weighted by Crippen LogP contribution is 2.34. The normalized spacial score (nSPS) is 12.3. The lowest BCUT2D eigenvalue weighted by molar-refractivity contribution is -0.136. The largest absolute Gasteiger partial charge is 0.481 e. The van der Waals surface area contributed by atoms with E-state index in [1.54, 1.807) is 19.1 Å². The number of aromatic nitrogens is 2. The van der Waals surface area contributed by atoms with E-state index in [0.717, 1.165) is 0 Å². The summed E-state index contributed by atoms with van der Waals surface area (Å²) in [5.41, 5.74) is 4.97. The zero-order valence-corrected chi connectivity index (χ0v) is 17.4. The summed E-state index contributed by atoms with van der Waals surface area (Å²) in [7, 11) is 0. The van der Waals surface area contributed by atoms with Gasteiger partial charge in [0.25, 0.3) is 0 Å². The lowest BCUT2D eigenvalue weighted by atomic mass is 10.1. The van der Waals surface area contributed by atoms with E-state index >= 15 is 0 Å². The average Bonchev–Trinajstić information content (AvgIpc) is 3.43. The number of carbonyl (C=O) groups is 1. The summed E-state index contributed by atoms with van der Waals surface area (Å²) in [6.45, 7) is 0.574. The van der Waals surface area contributed by atoms with Crippen molar-refractivity contribution < 1.29 is 38.9 Å². The number of carboxylic acid groups (broad SMARTS) is 1. The number of aliphatic carboxylic acids is 1. The lowest BCUT2D eigenvalue weighted by Crippen LogP contribution is -2.50. The first-order valence-corrected chi connectivity index (χ1v) is 9.58. The fraction of sp³-hybridized carbons (Fsp3) is 0.421. The van der Waals surface area contributed by atoms with Gasteiger partial charge in [0, 0.05) is 17.9 Å². The van der Waals surface area contributed by atoms with Crippen molar-refractivity contribution in [3.05, 3.63) is 41.2 Å². The van der Waals surface area contributed by atoms with Gasteiger partial charge in [0.2, 0.25) is 5.89 Å². The molecule has 170 valence electrons. The van der Waals surface area contributed by atoms with E-state index in [1.165, 1.54) is 12.5 Å². The monoisotopic (exact) mass is 457 g/mol. The molecule has 3 aromatic rings. The van der Waals surface area contributed by atoms with Crippen LogP contribution in [0.4, 0.5) is 0 Å². The van der Waals surface area contributed by atoms with Gasteiger partial charge in [-0.05, 0) is 13.0 Å². The summed E-state index contributed by atoms with van der Waals surface area (Å²) in [6, 6.07) is 3.27. The molecule has 1 aromatic carbocycles. The molecule has 0 aliphatic carbocycles. The number of rotatable bonds is 9. The lowest BCUT2D eigenvalue weighted by Gasteiger charge is -2.20. The van der Waals surface area contributed by atoms with Gasteiger partial charge < -0.3 is 39.8 Å². The predicted molar refractivity (Wildman–Crippen MR) is 109 cm³/mol. The predicted octanol–water partition coefficient (Wildman–Crippen LogP) is 1.29. The van der Waals surface area contributed by atoms with E-state index in [1.807, 2.05) is 0 Å². The Labute approximate surface area is 182 Å². The van der Waals surface area contributed by atoms with Crippen molar-refractivity contribution in [3.63, 3.8) is 0 Å². The van der Waals surface area contributed by atoms with Crippen molar-refractivity contribution in [2.45, 2.75) is 31.4 Å². The number of hydrogen-bond donors (Lipinski definition) is 5. The molecule has 2 heterocycles. The molecule has 0 spiro atoms. The van der Waals surface area contributed by atoms with Crippen molar-refractivity contribution >= 4 is 28.5 Å². The molecule has 31 heavy (non-hydrogen) atoms. The number of fused-ring (bicyclic) bond motifs is 1. The number of aliphatic hydroxyl groups is 3. The Bertz CT molecular complexity index is 964. The molecule has 6 N–H and O–H groups in total. The van der Waals surface area contributed by atoms with Gasteiger partial charge in [0.15, 0.2) is 11.7 Å². The highest BCUT2D eigenvalue weighted by Gasteiger charge is 2.21. The standard InChI is InChI=1S/C15H13ClN2O5.C4H11NO3/c1-8(15-17-4-5-21-15)22-13-7-12-9(6-10(13)16)11(18-23-12)2-3-14(19)20;5-4(1-6,2-7)3-8/h4-8H,2-3H2,1H3,(H,19,20);6-8H,1-3,5H2. The molecule has 0 amide bonds. The molecule has 0 aliphatic rings. The molecule has 1 unspecified atom stereocenters. The fourth-order valence-electron chi connectivity index (χ4n) is 2.31. The number of halogens is 1. The number of nitrogens with zero attached hydrogens (tertiary/aromatic N) is 2. The second-order valence-corrected chi connectivity index (χ2v) is 7.18. The first-order chi connectivity index (χ1) is 14.7. The molecular weight excluding hydrogens is 434 g/mol. The summed E-state index contributed by atoms with van der Waals surface area (Å²) < 4.78 is 16.1. The number of nitrogens with two attached hydrogens (primary N) is 1. The van der Waals surface area contributed by atoms with Crippen LogP contribution < -0.4 is 10.5 Å². The minimum atomic E-state index is -1.21. The molecule has 0 bridgehead atoms. The maximum atomic E-state index is 10.7. The number of ether oxygens (including phenoxy) is 1. The third-order valence-electron chi connectivity index (χ3n) is 4.22. The van der Waals surface area contributed by atoms with Crippen LogP contribution in [-0.4, -0.2) is 61.9 Å². The maximum Gasteiger partial charge on any atom is 0.303 e. The summed E-state index contributed by atoms with van der Waals surface area (Å²) in [5.74, 6) is -0.0568. The zero-order chi connectivity index (χ0) is 23.0. The molecule has 0 radical (unpaired) electrons. The number of hydrogen-bond acceptors (Lipinski definition) is 10. The SMILES string of the molecule is CC(Oc1cc2onc(CCC(=O)O)c2cc1Cl)c1ncco1.NC(CO)(CO)CO. The Morgan fingerprint density at radius 3 is 2.48 bits per heavy atom. The van der Waals surface area contributed by atoms with Gasteiger partial charge in [0.1, 0.15) is 12.0 Å². The molecule has 11 nitrogen and oxygen atoms in total. The summed E-state index contributed by atoms with van der Waals surface area (Å²) in [5, 5.41) is 38.7. The van der Waals surface area contributed by atoms with Crippen LogP contribution in [0.25, 0.3) is 11.0 Å². The van der Waals surface area contributed by atoms with Gasteiger partial charge in [0.05, 0.1) is 48.7 Å². The molecule has 1 atom stereocenters. The first kappa shape index (κ1) is 24.6. The van der Waals surface area contributed by atoms with Crippen LogP contribution in [0.1, 0.15) is 31.0 Å². The molecule has 3 rings (SSSR count). The van der Waals surface area contributed by atoms with Crippen LogP contribution in [0.5, 0.6) is 5.75 Å². The van der Waals surface area contributed by atoms with Gasteiger partial charge in [-0.3, -0.25) is 4.79 Å². The van der Waals surface area contributed by atoms with Crippen molar-refractivity contribution in [1.29, 1.82) is 0 Å². The second kappa shape index (κ2) is 11.1. The van der Waals surface area contributed by atoms with Crippen LogP contribution >= 0.6 is 11.6 Å². The van der Waals surface area contributed by atoms with Crippen LogP contribution in [0.15, 0.2) is 33.5 Å². The first-order valence-electron chi connectivity index (χ1n) is 9.20. The van der Waals surface area contributed by atoms with Crippen LogP contribution in [0.3, 0.4) is 0 Å². The summed E-state index contributed by atoms with van der Waals surface area (Å²) in [4.78, 5) is 14.7. The number of oxazole rings is 1. The minimum Gasteiger partial charge on any atom is -0.481 e. The summed E-state index contributed by atoms with van der Waals surface area (Å²) >= 11 is 6.24. The van der Waals surface area contributed by atoms with E-state index in [2.05, 4.69) is 10.1 Å². The molecule has 0 aliphatic heterocycles. The number of aryl methyl sites for hydroxylation is 1. The van der Waals surface area contributed by atoms with Gasteiger partial charge in [-0.2, -0.15) is 0 Å². The van der Waals surface area contributed by atoms with Gasteiger partial charge in [-0.1, -0.05) is 16.8 Å². The Hall–Kier alpha value is -2.70. The van der Waals surface area contributed by atoms with Gasteiger partial charge in [-0.25, -0.2) is 4.98 Å². The third-order valence-corrected chi connectivity index (χ3v) is 4.52. The topological polar surface area (TPSA) is 185 Å². The number of benzene rings is 1. The minimum absolute atomic E-state index is 0.0291. The van der Waals surface area contributed by atoms with Crippen LogP contribution in [0, 0.1) is 0 Å². The molecule has 0 fully saturated rings. The molecule has 2 aromatic heterocycles. The van der Waals surface area contributed by atoms with Gasteiger partial charge in [-0.15, -0.1) is 0 Å². The number of aliphatic hydroxyl groups excluding tert-OH is 3. The quantitative estimate of drug-likeness (QED) is 0.311. The van der Waals surface area contributed by atoms with E-state index in [4.69, 9.17) is 51.4 Å². The Kier molecular flexibility index (Phi) is 8.77. The molecular formula is C19H24ClN3O8. The van der Waals surface area contributed by atoms with Crippen LogP contribution in [0.2, 0.25) is 5.02 Å². The van der Waals surface area contributed by atoms with Crippen molar-refractivity contribution in [2.75, 3.05) is 19.8 Å². The van der Waals surface area contributed by atoms with Gasteiger partial charge >= 0.3 is 5.97 Å². The zero-order valence-electron chi connectivity index (χ0n) is 16.7. The smallest absolute Gasteiger partial charge is 0.303 e. The van der Waals surface area contributed by atoms with Crippen LogP contribution in [-0.2, 0) is 11.2 Å². The Balaban J connectivity index is 0.000000366. The van der Waals surface area contributed by atoms with Crippen molar-refractivity contribution in [2.24, 2.45) is 5.73 Å². The fourth-order valence-corrected chi connectivity index (χ4v) is 2.52. The maximum absolute atomic E-state index is 10.7. The van der Waals surface area contributed by atoms with Crippen molar-refractivity contribution in [1.82, 2.24) is 10.1 Å². The van der Waals surface area contributed by atoms with E-state index in [-0.39, 0.29) is 12.8 Å². The average molecular weight is 458 g/mol. The van der Waals surface area contributed by atoms with Crippen molar-refractivity contribution in [3.8, 4) is 5.75 Å². The number of carboxylic acids is 1. The summed E-state index contributed by atoms with van der Waals surface area (Å²) in [6.07, 6.45) is 2.81. The Morgan fingerprint density at radius 2 is 1.97 bits per heavy atom. The second-order valence-electron chi connectivity index (χ2n) is 6.77. The third kappa shape index (κ3) is 6.64.